The third-order valence-electron chi connectivity index (χ3n) is 5.17. The van der Waals surface area contributed by atoms with Gasteiger partial charge in [0.2, 0.25) is 0 Å². The lowest BCUT2D eigenvalue weighted by Crippen LogP contribution is -2.23. The zero-order valence-electron chi connectivity index (χ0n) is 15.7. The van der Waals surface area contributed by atoms with Gasteiger partial charge in [0.15, 0.2) is 5.69 Å². The van der Waals surface area contributed by atoms with Gasteiger partial charge in [-0.1, -0.05) is 22.0 Å². The average Bonchev–Trinajstić information content (AvgIpc) is 3.52. The van der Waals surface area contributed by atoms with Crippen molar-refractivity contribution in [3.05, 3.63) is 46.6 Å². The van der Waals surface area contributed by atoms with Gasteiger partial charge in [0.05, 0.1) is 18.3 Å². The predicted molar refractivity (Wildman–Crippen MR) is 114 cm³/mol. The first kappa shape index (κ1) is 18.7. The summed E-state index contributed by atoms with van der Waals surface area (Å²) < 4.78 is 6.45. The number of primary amides is 1. The number of halogens is 1. The molecule has 0 spiro atoms. The molecule has 28 heavy (non-hydrogen) atoms. The van der Waals surface area contributed by atoms with E-state index in [0.29, 0.717) is 17.1 Å². The quantitative estimate of drug-likeness (QED) is 0.593. The molecule has 1 fully saturated rings. The lowest BCUT2D eigenvalue weighted by molar-refractivity contribution is 0.0995. The Hall–Kier alpha value is -2.67. The molecule has 1 amide bonds. The number of anilines is 1. The highest BCUT2D eigenvalue weighted by Crippen LogP contribution is 2.37. The summed E-state index contributed by atoms with van der Waals surface area (Å²) in [6.07, 6.45) is 2.40. The molecule has 6 nitrogen and oxygen atoms in total. The fourth-order valence-corrected chi connectivity index (χ4v) is 3.80. The standard InChI is InChI=1S/C21H21BrN4O2/c1-11(12-3-4-12)24-19-15-7-5-13(9-17(15)25-26-20(19)21(23)27)16-10-14(22)6-8-18(16)28-2/h5-12H,3-4H2,1-2H3,(H2,23,27)(H,24,25)/t11-/m1/s1. The minimum atomic E-state index is -0.586. The number of hydrogen-bond donors (Lipinski definition) is 2. The molecule has 1 saturated carbocycles. The van der Waals surface area contributed by atoms with Gasteiger partial charge in [-0.05, 0) is 61.6 Å². The molecule has 144 valence electrons. The van der Waals surface area contributed by atoms with Crippen LogP contribution in [-0.4, -0.2) is 29.3 Å². The highest BCUT2D eigenvalue weighted by atomic mass is 79.9. The first-order valence-electron chi connectivity index (χ1n) is 9.18. The molecule has 0 saturated heterocycles. The van der Waals surface area contributed by atoms with E-state index in [-0.39, 0.29) is 11.7 Å². The summed E-state index contributed by atoms with van der Waals surface area (Å²) in [6.45, 7) is 2.12. The Labute approximate surface area is 171 Å². The third-order valence-corrected chi connectivity index (χ3v) is 5.66. The van der Waals surface area contributed by atoms with Crippen molar-refractivity contribution in [3.63, 3.8) is 0 Å². The molecule has 0 aliphatic heterocycles. The largest absolute Gasteiger partial charge is 0.496 e. The number of nitrogens with zero attached hydrogens (tertiary/aromatic N) is 2. The number of hydrogen-bond acceptors (Lipinski definition) is 5. The van der Waals surface area contributed by atoms with Crippen LogP contribution in [0.1, 0.15) is 30.3 Å². The Bertz CT molecular complexity index is 1070. The van der Waals surface area contributed by atoms with Crippen molar-refractivity contribution < 1.29 is 9.53 Å². The molecule has 0 unspecified atom stereocenters. The van der Waals surface area contributed by atoms with Gasteiger partial charge in [-0.2, -0.15) is 0 Å². The zero-order chi connectivity index (χ0) is 19.8. The van der Waals surface area contributed by atoms with Crippen molar-refractivity contribution in [3.8, 4) is 16.9 Å². The Kier molecular flexibility index (Phi) is 4.93. The number of carbonyl (C=O) groups excluding carboxylic acids is 1. The normalized spacial score (nSPS) is 14.7. The Morgan fingerprint density at radius 3 is 2.71 bits per heavy atom. The van der Waals surface area contributed by atoms with Gasteiger partial charge in [0.1, 0.15) is 5.75 Å². The third kappa shape index (κ3) is 3.54. The van der Waals surface area contributed by atoms with Crippen molar-refractivity contribution in [1.82, 2.24) is 10.2 Å². The summed E-state index contributed by atoms with van der Waals surface area (Å²) in [4.78, 5) is 11.9. The first-order chi connectivity index (χ1) is 13.5. The van der Waals surface area contributed by atoms with E-state index < -0.39 is 5.91 Å². The second-order valence-electron chi connectivity index (χ2n) is 7.13. The number of methoxy groups -OCH3 is 1. The number of amides is 1. The van der Waals surface area contributed by atoms with Crippen LogP contribution in [0, 0.1) is 5.92 Å². The molecule has 4 rings (SSSR count). The number of carbonyl (C=O) groups is 1. The Balaban J connectivity index is 1.84. The van der Waals surface area contributed by atoms with Crippen molar-refractivity contribution in [1.29, 1.82) is 0 Å². The van der Waals surface area contributed by atoms with Crippen molar-refractivity contribution in [2.24, 2.45) is 11.7 Å². The number of rotatable bonds is 6. The average molecular weight is 441 g/mol. The van der Waals surface area contributed by atoms with Crippen molar-refractivity contribution in [2.75, 3.05) is 12.4 Å². The minimum Gasteiger partial charge on any atom is -0.496 e. The first-order valence-corrected chi connectivity index (χ1v) is 9.98. The van der Waals surface area contributed by atoms with E-state index in [4.69, 9.17) is 10.5 Å². The maximum Gasteiger partial charge on any atom is 0.271 e. The second-order valence-corrected chi connectivity index (χ2v) is 8.05. The van der Waals surface area contributed by atoms with Crippen LogP contribution in [0.4, 0.5) is 5.69 Å². The van der Waals surface area contributed by atoms with E-state index in [1.165, 1.54) is 12.8 Å². The van der Waals surface area contributed by atoms with Crippen LogP contribution < -0.4 is 15.8 Å². The van der Waals surface area contributed by atoms with Crippen molar-refractivity contribution >= 4 is 38.4 Å². The summed E-state index contributed by atoms with van der Waals surface area (Å²) in [5.74, 6) is 0.803. The van der Waals surface area contributed by atoms with E-state index in [1.807, 2.05) is 36.4 Å². The molecule has 1 atom stereocenters. The molecular weight excluding hydrogens is 420 g/mol. The summed E-state index contributed by atoms with van der Waals surface area (Å²) in [5.41, 5.74) is 8.96. The molecule has 3 N–H and O–H groups in total. The molecule has 7 heteroatoms. The molecule has 1 aromatic heterocycles. The minimum absolute atomic E-state index is 0.174. The van der Waals surface area contributed by atoms with Gasteiger partial charge in [0, 0.05) is 21.5 Å². The van der Waals surface area contributed by atoms with Crippen LogP contribution in [0.15, 0.2) is 40.9 Å². The molecule has 0 radical (unpaired) electrons. The number of aromatic nitrogens is 2. The molecule has 1 aliphatic carbocycles. The molecule has 2 aromatic carbocycles. The maximum absolute atomic E-state index is 11.9. The molecule has 0 bridgehead atoms. The van der Waals surface area contributed by atoms with Gasteiger partial charge in [0.25, 0.3) is 5.91 Å². The summed E-state index contributed by atoms with van der Waals surface area (Å²) in [7, 11) is 1.65. The molecular formula is C21H21BrN4O2. The lowest BCUT2D eigenvalue weighted by Gasteiger charge is -2.18. The van der Waals surface area contributed by atoms with Gasteiger partial charge in [-0.15, -0.1) is 10.2 Å². The lowest BCUT2D eigenvalue weighted by atomic mass is 10.0. The van der Waals surface area contributed by atoms with E-state index >= 15 is 0 Å². The highest BCUT2D eigenvalue weighted by molar-refractivity contribution is 9.10. The van der Waals surface area contributed by atoms with Gasteiger partial charge in [-0.25, -0.2) is 0 Å². The van der Waals surface area contributed by atoms with Crippen LogP contribution in [0.5, 0.6) is 5.75 Å². The van der Waals surface area contributed by atoms with Crippen LogP contribution >= 0.6 is 15.9 Å². The Morgan fingerprint density at radius 1 is 1.25 bits per heavy atom. The molecule has 1 heterocycles. The van der Waals surface area contributed by atoms with E-state index in [2.05, 4.69) is 38.4 Å². The molecule has 1 aliphatic rings. The van der Waals surface area contributed by atoms with E-state index in [0.717, 1.165) is 26.7 Å². The second kappa shape index (κ2) is 7.39. The zero-order valence-corrected chi connectivity index (χ0v) is 17.3. The van der Waals surface area contributed by atoms with Crippen LogP contribution in [0.2, 0.25) is 0 Å². The van der Waals surface area contributed by atoms with Crippen LogP contribution in [0.25, 0.3) is 22.0 Å². The fourth-order valence-electron chi connectivity index (χ4n) is 3.44. The van der Waals surface area contributed by atoms with E-state index in [9.17, 15) is 4.79 Å². The van der Waals surface area contributed by atoms with E-state index in [1.54, 1.807) is 7.11 Å². The van der Waals surface area contributed by atoms with Crippen LogP contribution in [0.3, 0.4) is 0 Å². The van der Waals surface area contributed by atoms with Gasteiger partial charge < -0.3 is 15.8 Å². The SMILES string of the molecule is COc1ccc(Br)cc1-c1ccc2c(N[C@H](C)C3CC3)c(C(N)=O)nnc2c1. The maximum atomic E-state index is 11.9. The predicted octanol–water partition coefficient (Wildman–Crippen LogP) is 4.38. The van der Waals surface area contributed by atoms with Crippen LogP contribution in [-0.2, 0) is 0 Å². The monoisotopic (exact) mass is 440 g/mol. The summed E-state index contributed by atoms with van der Waals surface area (Å²) in [5, 5.41) is 12.6. The smallest absolute Gasteiger partial charge is 0.271 e. The topological polar surface area (TPSA) is 90.1 Å². The number of nitrogens with two attached hydrogens (primary N) is 1. The number of fused-ring (bicyclic) bond motifs is 1. The highest BCUT2D eigenvalue weighted by Gasteiger charge is 2.29. The summed E-state index contributed by atoms with van der Waals surface area (Å²) in [6, 6.07) is 12.0. The number of benzene rings is 2. The summed E-state index contributed by atoms with van der Waals surface area (Å²) >= 11 is 3.51. The number of ether oxygens (including phenoxy) is 1. The fraction of sp³-hybridized carbons (Fsp3) is 0.286. The van der Waals surface area contributed by atoms with Crippen molar-refractivity contribution in [2.45, 2.75) is 25.8 Å². The van der Waals surface area contributed by atoms with Gasteiger partial charge in [-0.3, -0.25) is 4.79 Å². The number of nitrogens with one attached hydrogen (secondary N) is 1. The van der Waals surface area contributed by atoms with Gasteiger partial charge >= 0.3 is 0 Å². The molecule has 3 aromatic rings. The Morgan fingerprint density at radius 2 is 2.04 bits per heavy atom.